The summed E-state index contributed by atoms with van der Waals surface area (Å²) in [6, 6.07) is 16.3. The van der Waals surface area contributed by atoms with Gasteiger partial charge in [-0.3, -0.25) is 0 Å². The van der Waals surface area contributed by atoms with E-state index in [1.807, 2.05) is 52.0 Å². The fourth-order valence-electron chi connectivity index (χ4n) is 3.04. The molecule has 2 rings (SSSR count). The van der Waals surface area contributed by atoms with Crippen LogP contribution in [0.15, 0.2) is 72.8 Å². The van der Waals surface area contributed by atoms with Crippen LogP contribution in [0.1, 0.15) is 52.7 Å². The highest BCUT2D eigenvalue weighted by molar-refractivity contribution is 5.41. The Hall–Kier alpha value is -2.56. The summed E-state index contributed by atoms with van der Waals surface area (Å²) in [6.45, 7) is 20.7. The van der Waals surface area contributed by atoms with Gasteiger partial charge < -0.3 is 18.9 Å². The molecule has 2 atom stereocenters. The first-order valence-electron chi connectivity index (χ1n) is 10.6. The van der Waals surface area contributed by atoms with Gasteiger partial charge in [-0.2, -0.15) is 0 Å². The van der Waals surface area contributed by atoms with Gasteiger partial charge in [0, 0.05) is 5.41 Å². The molecule has 0 aliphatic heterocycles. The van der Waals surface area contributed by atoms with Crippen LogP contribution in [0, 0.1) is 0 Å². The summed E-state index contributed by atoms with van der Waals surface area (Å²) in [4.78, 5) is 0. The van der Waals surface area contributed by atoms with Crippen molar-refractivity contribution in [1.82, 2.24) is 0 Å². The van der Waals surface area contributed by atoms with Gasteiger partial charge in [0.05, 0.1) is 13.2 Å². The van der Waals surface area contributed by atoms with Crippen molar-refractivity contribution in [3.8, 4) is 11.5 Å². The highest BCUT2D eigenvalue weighted by atomic mass is 16.7. The molecule has 2 unspecified atom stereocenters. The Morgan fingerprint density at radius 2 is 1.03 bits per heavy atom. The molecule has 0 spiro atoms. The van der Waals surface area contributed by atoms with Crippen molar-refractivity contribution in [3.63, 3.8) is 0 Å². The molecule has 0 saturated carbocycles. The maximum absolute atomic E-state index is 5.83. The zero-order chi connectivity index (χ0) is 23.0. The lowest BCUT2D eigenvalue weighted by Crippen LogP contribution is -2.20. The first kappa shape index (κ1) is 24.7. The summed E-state index contributed by atoms with van der Waals surface area (Å²) in [6.07, 6.45) is -0.658. The smallest absolute Gasteiger partial charge is 0.197 e. The molecule has 0 bridgehead atoms. The van der Waals surface area contributed by atoms with E-state index >= 15 is 0 Å². The van der Waals surface area contributed by atoms with Gasteiger partial charge >= 0.3 is 0 Å². The van der Waals surface area contributed by atoms with Crippen molar-refractivity contribution in [2.75, 3.05) is 13.2 Å². The molecule has 0 aliphatic carbocycles. The van der Waals surface area contributed by atoms with Crippen molar-refractivity contribution in [2.45, 2.75) is 59.5 Å². The quantitative estimate of drug-likeness (QED) is 0.282. The summed E-state index contributed by atoms with van der Waals surface area (Å²) in [5, 5.41) is 0. The second kappa shape index (κ2) is 11.2. The Labute approximate surface area is 187 Å². The average Bonchev–Trinajstić information content (AvgIpc) is 2.71. The van der Waals surface area contributed by atoms with E-state index in [-0.39, 0.29) is 18.0 Å². The van der Waals surface area contributed by atoms with E-state index in [0.29, 0.717) is 13.2 Å². The first-order valence-corrected chi connectivity index (χ1v) is 10.6. The number of benzene rings is 2. The minimum absolute atomic E-state index is 0.165. The minimum Gasteiger partial charge on any atom is -0.465 e. The SMILES string of the molecule is C=C(C)COC(C)Oc1ccc(C(C)(C)c2ccc(OC(C)OCC(=C)C)cc2)cc1. The predicted molar refractivity (Wildman–Crippen MR) is 127 cm³/mol. The molecule has 168 valence electrons. The Morgan fingerprint density at radius 3 is 1.32 bits per heavy atom. The molecule has 0 fully saturated rings. The van der Waals surface area contributed by atoms with Crippen LogP contribution in [-0.2, 0) is 14.9 Å². The van der Waals surface area contributed by atoms with Crippen molar-refractivity contribution >= 4 is 0 Å². The number of rotatable bonds is 12. The van der Waals surface area contributed by atoms with E-state index in [1.54, 1.807) is 0 Å². The lowest BCUT2D eigenvalue weighted by atomic mass is 9.78. The van der Waals surface area contributed by atoms with Crippen molar-refractivity contribution < 1.29 is 18.9 Å². The Kier molecular flexibility index (Phi) is 8.90. The topological polar surface area (TPSA) is 36.9 Å². The molecule has 4 nitrogen and oxygen atoms in total. The Bertz CT molecular complexity index is 778. The molecule has 4 heteroatoms. The minimum atomic E-state index is -0.329. The maximum atomic E-state index is 5.83. The van der Waals surface area contributed by atoms with Crippen LogP contribution in [-0.4, -0.2) is 25.8 Å². The standard InChI is InChI=1S/C27H36O4/c1-19(2)17-28-21(5)30-25-13-9-23(10-14-25)27(7,8)24-11-15-26(16-12-24)31-22(6)29-18-20(3)4/h9-16,21-22H,1,3,17-18H2,2,4-8H3. The summed E-state index contributed by atoms with van der Waals surface area (Å²) in [5.41, 5.74) is 4.17. The van der Waals surface area contributed by atoms with Crippen LogP contribution in [0.3, 0.4) is 0 Å². The maximum Gasteiger partial charge on any atom is 0.197 e. The van der Waals surface area contributed by atoms with Crippen LogP contribution in [0.25, 0.3) is 0 Å². The van der Waals surface area contributed by atoms with Gasteiger partial charge in [0.15, 0.2) is 12.6 Å². The van der Waals surface area contributed by atoms with E-state index < -0.39 is 0 Å². The number of hydrogen-bond donors (Lipinski definition) is 0. The average molecular weight is 425 g/mol. The van der Waals surface area contributed by atoms with Gasteiger partial charge in [-0.15, -0.1) is 0 Å². The van der Waals surface area contributed by atoms with E-state index in [4.69, 9.17) is 18.9 Å². The third kappa shape index (κ3) is 7.89. The molecular formula is C27H36O4. The Morgan fingerprint density at radius 1 is 0.710 bits per heavy atom. The third-order valence-corrected chi connectivity index (χ3v) is 4.88. The molecule has 2 aromatic carbocycles. The third-order valence-electron chi connectivity index (χ3n) is 4.88. The normalized spacial score (nSPS) is 13.4. The summed E-state index contributed by atoms with van der Waals surface area (Å²) in [5.74, 6) is 1.56. The second-order valence-electron chi connectivity index (χ2n) is 8.58. The highest BCUT2D eigenvalue weighted by Crippen LogP contribution is 2.33. The van der Waals surface area contributed by atoms with E-state index in [0.717, 1.165) is 22.6 Å². The van der Waals surface area contributed by atoms with Crippen LogP contribution >= 0.6 is 0 Å². The fraction of sp³-hybridized carbons (Fsp3) is 0.407. The van der Waals surface area contributed by atoms with E-state index in [2.05, 4.69) is 51.3 Å². The van der Waals surface area contributed by atoms with Crippen LogP contribution in [0.2, 0.25) is 0 Å². The molecule has 0 radical (unpaired) electrons. The first-order chi connectivity index (χ1) is 14.6. The zero-order valence-electron chi connectivity index (χ0n) is 19.7. The molecule has 0 saturated heterocycles. The van der Waals surface area contributed by atoms with Gasteiger partial charge in [0.25, 0.3) is 0 Å². The zero-order valence-corrected chi connectivity index (χ0v) is 19.7. The van der Waals surface area contributed by atoms with Crippen LogP contribution in [0.5, 0.6) is 11.5 Å². The molecule has 0 N–H and O–H groups in total. The van der Waals surface area contributed by atoms with Crippen molar-refractivity contribution in [3.05, 3.63) is 84.0 Å². The summed E-state index contributed by atoms with van der Waals surface area (Å²) < 4.78 is 22.8. The number of hydrogen-bond acceptors (Lipinski definition) is 4. The Balaban J connectivity index is 2.00. The van der Waals surface area contributed by atoms with E-state index in [9.17, 15) is 0 Å². The molecule has 2 aromatic rings. The summed E-state index contributed by atoms with van der Waals surface area (Å²) in [7, 11) is 0. The molecule has 0 aliphatic rings. The number of ether oxygens (including phenoxy) is 4. The van der Waals surface area contributed by atoms with Gasteiger partial charge in [-0.25, -0.2) is 0 Å². The molecule has 0 aromatic heterocycles. The van der Waals surface area contributed by atoms with Gasteiger partial charge in [0.1, 0.15) is 11.5 Å². The van der Waals surface area contributed by atoms with Gasteiger partial charge in [-0.1, -0.05) is 62.4 Å². The lowest BCUT2D eigenvalue weighted by Gasteiger charge is -2.27. The van der Waals surface area contributed by atoms with Gasteiger partial charge in [-0.05, 0) is 63.1 Å². The van der Waals surface area contributed by atoms with E-state index in [1.165, 1.54) is 11.1 Å². The highest BCUT2D eigenvalue weighted by Gasteiger charge is 2.23. The molecule has 31 heavy (non-hydrogen) atoms. The summed E-state index contributed by atoms with van der Waals surface area (Å²) >= 11 is 0. The molecule has 0 amide bonds. The molecule has 0 heterocycles. The van der Waals surface area contributed by atoms with Crippen molar-refractivity contribution in [1.29, 1.82) is 0 Å². The largest absolute Gasteiger partial charge is 0.465 e. The van der Waals surface area contributed by atoms with Crippen LogP contribution < -0.4 is 9.47 Å². The molecular weight excluding hydrogens is 388 g/mol. The van der Waals surface area contributed by atoms with Gasteiger partial charge in [0.2, 0.25) is 0 Å². The fourth-order valence-corrected chi connectivity index (χ4v) is 3.04. The lowest BCUT2D eigenvalue weighted by molar-refractivity contribution is -0.0575. The van der Waals surface area contributed by atoms with Crippen molar-refractivity contribution in [2.24, 2.45) is 0 Å². The second-order valence-corrected chi connectivity index (χ2v) is 8.58. The van der Waals surface area contributed by atoms with Crippen LogP contribution in [0.4, 0.5) is 0 Å². The monoisotopic (exact) mass is 424 g/mol. The predicted octanol–water partition coefficient (Wildman–Crippen LogP) is 6.65.